The van der Waals surface area contributed by atoms with Gasteiger partial charge < -0.3 is 9.64 Å². The molecule has 0 unspecified atom stereocenters. The molecule has 1 aliphatic rings. The summed E-state index contributed by atoms with van der Waals surface area (Å²) in [6, 6.07) is 6.73. The van der Waals surface area contributed by atoms with Crippen molar-refractivity contribution in [3.8, 4) is 0 Å². The van der Waals surface area contributed by atoms with Crippen LogP contribution < -0.4 is 4.90 Å². The highest BCUT2D eigenvalue weighted by atomic mass is 35.5. The van der Waals surface area contributed by atoms with Crippen molar-refractivity contribution < 1.29 is 19.1 Å². The molecule has 134 valence electrons. The predicted octanol–water partition coefficient (Wildman–Crippen LogP) is 2.91. The number of halogens is 1. The van der Waals surface area contributed by atoms with Crippen molar-refractivity contribution in [1.82, 2.24) is 4.98 Å². The molecule has 1 amide bonds. The molecule has 1 aromatic carbocycles. The SMILES string of the molecule is Cc1cc(C)c(C(=O)OCC(=O)c2ccc3c(c2)CC(=O)N3C)c(Cl)n1. The largest absolute Gasteiger partial charge is 0.454 e. The molecular weight excluding hydrogens is 356 g/mol. The minimum Gasteiger partial charge on any atom is -0.454 e. The van der Waals surface area contributed by atoms with Crippen molar-refractivity contribution in [3.05, 3.63) is 57.4 Å². The van der Waals surface area contributed by atoms with Crippen LogP contribution in [0, 0.1) is 13.8 Å². The zero-order valence-corrected chi connectivity index (χ0v) is 15.4. The van der Waals surface area contributed by atoms with E-state index in [-0.39, 0.29) is 28.8 Å². The number of rotatable bonds is 4. The molecule has 7 heteroatoms. The maximum Gasteiger partial charge on any atom is 0.342 e. The number of ether oxygens (including phenoxy) is 1. The van der Waals surface area contributed by atoms with Gasteiger partial charge in [-0.2, -0.15) is 0 Å². The number of esters is 1. The van der Waals surface area contributed by atoms with Gasteiger partial charge in [-0.1, -0.05) is 11.6 Å². The van der Waals surface area contributed by atoms with Gasteiger partial charge in [0.05, 0.1) is 12.0 Å². The summed E-state index contributed by atoms with van der Waals surface area (Å²) in [4.78, 5) is 41.9. The van der Waals surface area contributed by atoms with Crippen LogP contribution in [0.25, 0.3) is 0 Å². The number of likely N-dealkylation sites (N-methyl/N-ethyl adjacent to an activating group) is 1. The Kier molecular flexibility index (Phi) is 4.78. The van der Waals surface area contributed by atoms with Crippen LogP contribution in [0.3, 0.4) is 0 Å². The van der Waals surface area contributed by atoms with Gasteiger partial charge in [0.1, 0.15) is 5.15 Å². The standard InChI is InChI=1S/C19H17ClN2O4/c1-10-6-11(2)21-18(20)17(10)19(25)26-9-15(23)12-4-5-14-13(7-12)8-16(24)22(14)3/h4-7H,8-9H2,1-3H3. The van der Waals surface area contributed by atoms with E-state index >= 15 is 0 Å². The lowest BCUT2D eigenvalue weighted by atomic mass is 10.1. The van der Waals surface area contributed by atoms with E-state index in [1.54, 1.807) is 50.1 Å². The molecule has 2 aromatic rings. The molecule has 0 saturated carbocycles. The van der Waals surface area contributed by atoms with Gasteiger partial charge in [-0.15, -0.1) is 0 Å². The van der Waals surface area contributed by atoms with Gasteiger partial charge in [-0.3, -0.25) is 9.59 Å². The number of benzene rings is 1. The minimum absolute atomic E-state index is 0.0204. The highest BCUT2D eigenvalue weighted by Crippen LogP contribution is 2.28. The third kappa shape index (κ3) is 3.32. The second-order valence-corrected chi connectivity index (χ2v) is 6.58. The van der Waals surface area contributed by atoms with Crippen molar-refractivity contribution >= 4 is 34.9 Å². The van der Waals surface area contributed by atoms with Crippen LogP contribution >= 0.6 is 11.6 Å². The van der Waals surface area contributed by atoms with E-state index < -0.39 is 12.6 Å². The second-order valence-electron chi connectivity index (χ2n) is 6.22. The normalized spacial score (nSPS) is 12.9. The number of fused-ring (bicyclic) bond motifs is 1. The highest BCUT2D eigenvalue weighted by molar-refractivity contribution is 6.32. The lowest BCUT2D eigenvalue weighted by Gasteiger charge is -2.11. The smallest absolute Gasteiger partial charge is 0.342 e. The number of carbonyl (C=O) groups excluding carboxylic acids is 3. The van der Waals surface area contributed by atoms with E-state index in [1.807, 2.05) is 0 Å². The molecule has 0 atom stereocenters. The lowest BCUT2D eigenvalue weighted by molar-refractivity contribution is -0.117. The van der Waals surface area contributed by atoms with Gasteiger partial charge in [-0.05, 0) is 49.2 Å². The second kappa shape index (κ2) is 6.88. The Morgan fingerprint density at radius 3 is 2.69 bits per heavy atom. The van der Waals surface area contributed by atoms with Crippen LogP contribution in [-0.2, 0) is 16.0 Å². The third-order valence-corrected chi connectivity index (χ3v) is 4.59. The number of nitrogens with zero attached hydrogens (tertiary/aromatic N) is 2. The molecule has 6 nitrogen and oxygen atoms in total. The number of pyridine rings is 1. The summed E-state index contributed by atoms with van der Waals surface area (Å²) in [6.07, 6.45) is 0.260. The molecule has 0 fully saturated rings. The molecule has 0 N–H and O–H groups in total. The van der Waals surface area contributed by atoms with E-state index in [9.17, 15) is 14.4 Å². The van der Waals surface area contributed by atoms with Gasteiger partial charge in [0.25, 0.3) is 0 Å². The Balaban J connectivity index is 1.71. The van der Waals surface area contributed by atoms with E-state index in [2.05, 4.69) is 4.98 Å². The van der Waals surface area contributed by atoms with Crippen LogP contribution in [0.1, 0.15) is 37.5 Å². The topological polar surface area (TPSA) is 76.6 Å². The molecule has 0 aliphatic carbocycles. The summed E-state index contributed by atoms with van der Waals surface area (Å²) in [5.74, 6) is -1.06. The zero-order valence-electron chi connectivity index (χ0n) is 14.6. The number of hydrogen-bond acceptors (Lipinski definition) is 5. The Morgan fingerprint density at radius 1 is 1.27 bits per heavy atom. The number of Topliss-reactive ketones (excluding diaryl/α,β-unsaturated/α-hetero) is 1. The van der Waals surface area contributed by atoms with Gasteiger partial charge in [0, 0.05) is 24.0 Å². The van der Waals surface area contributed by atoms with Crippen molar-refractivity contribution in [1.29, 1.82) is 0 Å². The van der Waals surface area contributed by atoms with Crippen molar-refractivity contribution in [2.24, 2.45) is 0 Å². The van der Waals surface area contributed by atoms with Crippen molar-refractivity contribution in [2.75, 3.05) is 18.6 Å². The number of ketones is 1. The summed E-state index contributed by atoms with van der Waals surface area (Å²) in [7, 11) is 1.69. The lowest BCUT2D eigenvalue weighted by Crippen LogP contribution is -2.20. The molecule has 0 spiro atoms. The van der Waals surface area contributed by atoms with Gasteiger partial charge >= 0.3 is 5.97 Å². The monoisotopic (exact) mass is 372 g/mol. The van der Waals surface area contributed by atoms with Gasteiger partial charge in [0.15, 0.2) is 12.4 Å². The van der Waals surface area contributed by atoms with E-state index in [4.69, 9.17) is 16.3 Å². The number of aromatic nitrogens is 1. The third-order valence-electron chi connectivity index (χ3n) is 4.32. The van der Waals surface area contributed by atoms with Gasteiger partial charge in [-0.25, -0.2) is 9.78 Å². The van der Waals surface area contributed by atoms with Crippen LogP contribution in [0.15, 0.2) is 24.3 Å². The first kappa shape index (κ1) is 18.1. The van der Waals surface area contributed by atoms with Crippen LogP contribution in [0.5, 0.6) is 0 Å². The molecule has 0 saturated heterocycles. The fourth-order valence-electron chi connectivity index (χ4n) is 2.97. The summed E-state index contributed by atoms with van der Waals surface area (Å²) in [5.41, 5.74) is 3.46. The Labute approximate surface area is 155 Å². The number of anilines is 1. The van der Waals surface area contributed by atoms with Crippen molar-refractivity contribution in [3.63, 3.8) is 0 Å². The number of aryl methyl sites for hydroxylation is 2. The summed E-state index contributed by atoms with van der Waals surface area (Å²) in [6.45, 7) is 3.09. The molecule has 1 aromatic heterocycles. The maximum atomic E-state index is 12.3. The highest BCUT2D eigenvalue weighted by Gasteiger charge is 2.25. The van der Waals surface area contributed by atoms with E-state index in [0.29, 0.717) is 16.8 Å². The molecule has 2 heterocycles. The molecule has 1 aliphatic heterocycles. The quantitative estimate of drug-likeness (QED) is 0.468. The first-order chi connectivity index (χ1) is 12.3. The number of amides is 1. The average molecular weight is 373 g/mol. The Morgan fingerprint density at radius 2 is 2.00 bits per heavy atom. The first-order valence-corrected chi connectivity index (χ1v) is 8.39. The zero-order chi connectivity index (χ0) is 19.0. The Hall–Kier alpha value is -2.73. The summed E-state index contributed by atoms with van der Waals surface area (Å²) in [5, 5.41) is 0.0547. The predicted molar refractivity (Wildman–Crippen MR) is 96.9 cm³/mol. The maximum absolute atomic E-state index is 12.3. The summed E-state index contributed by atoms with van der Waals surface area (Å²) >= 11 is 6.02. The fraction of sp³-hybridized carbons (Fsp3) is 0.263. The molecule has 26 heavy (non-hydrogen) atoms. The molecule has 0 radical (unpaired) electrons. The number of carbonyl (C=O) groups is 3. The minimum atomic E-state index is -0.690. The molecule has 0 bridgehead atoms. The van der Waals surface area contributed by atoms with Crippen LogP contribution in [-0.4, -0.2) is 36.3 Å². The molecule has 3 rings (SSSR count). The molecular formula is C19H17ClN2O4. The average Bonchev–Trinajstić information content (AvgIpc) is 2.85. The van der Waals surface area contributed by atoms with Crippen molar-refractivity contribution in [2.45, 2.75) is 20.3 Å². The van der Waals surface area contributed by atoms with E-state index in [1.165, 1.54) is 0 Å². The van der Waals surface area contributed by atoms with Gasteiger partial charge in [0.2, 0.25) is 5.91 Å². The van der Waals surface area contributed by atoms with Crippen LogP contribution in [0.2, 0.25) is 5.15 Å². The number of hydrogen-bond donors (Lipinski definition) is 0. The Bertz CT molecular complexity index is 916. The van der Waals surface area contributed by atoms with Crippen LogP contribution in [0.4, 0.5) is 5.69 Å². The summed E-state index contributed by atoms with van der Waals surface area (Å²) < 4.78 is 5.12. The first-order valence-electron chi connectivity index (χ1n) is 8.01. The fourth-order valence-corrected chi connectivity index (χ4v) is 3.33. The van der Waals surface area contributed by atoms with E-state index in [0.717, 1.165) is 11.3 Å².